The lowest BCUT2D eigenvalue weighted by Crippen LogP contribution is -2.30. The van der Waals surface area contributed by atoms with E-state index >= 15 is 0 Å². The summed E-state index contributed by atoms with van der Waals surface area (Å²) in [5.41, 5.74) is 0. The Kier molecular flexibility index (Phi) is 60.3. The van der Waals surface area contributed by atoms with Gasteiger partial charge in [-0.1, -0.05) is 306 Å². The fourth-order valence-electron chi connectivity index (χ4n) is 10.8. The van der Waals surface area contributed by atoms with Crippen molar-refractivity contribution < 1.29 is 80.2 Å². The van der Waals surface area contributed by atoms with Gasteiger partial charge in [-0.05, 0) is 49.4 Å². The Hall–Kier alpha value is -1.94. The minimum atomic E-state index is -4.95. The quantitative estimate of drug-likeness (QED) is 0.0222. The van der Waals surface area contributed by atoms with Crippen molar-refractivity contribution >= 4 is 39.5 Å². The van der Waals surface area contributed by atoms with Gasteiger partial charge in [-0.2, -0.15) is 0 Å². The van der Waals surface area contributed by atoms with E-state index in [9.17, 15) is 43.2 Å². The smallest absolute Gasteiger partial charge is 0.462 e. The first-order chi connectivity index (χ1) is 43.6. The normalized spacial score (nSPS) is 14.2. The van der Waals surface area contributed by atoms with E-state index in [0.29, 0.717) is 25.7 Å². The summed E-state index contributed by atoms with van der Waals surface area (Å²) in [6, 6.07) is 0. The van der Waals surface area contributed by atoms with Crippen molar-refractivity contribution in [3.05, 3.63) is 0 Å². The predicted molar refractivity (Wildman–Crippen MR) is 367 cm³/mol. The van der Waals surface area contributed by atoms with E-state index in [-0.39, 0.29) is 25.7 Å². The number of carbonyl (C=O) groups is 4. The van der Waals surface area contributed by atoms with Gasteiger partial charge in [0.05, 0.1) is 26.4 Å². The summed E-state index contributed by atoms with van der Waals surface area (Å²) in [7, 11) is -9.91. The number of aliphatic hydroxyl groups excluding tert-OH is 1. The Morgan fingerprint density at radius 1 is 0.275 bits per heavy atom. The molecule has 0 radical (unpaired) electrons. The molecule has 0 spiro atoms. The third-order valence-corrected chi connectivity index (χ3v) is 18.5. The number of phosphoric acid groups is 2. The third-order valence-electron chi connectivity index (χ3n) is 16.6. The Bertz CT molecular complexity index is 1800. The van der Waals surface area contributed by atoms with Crippen molar-refractivity contribution in [3.63, 3.8) is 0 Å². The average Bonchev–Trinajstić information content (AvgIpc) is 2.29. The highest BCUT2D eigenvalue weighted by Crippen LogP contribution is 2.45. The lowest BCUT2D eigenvalue weighted by Gasteiger charge is -2.21. The second-order valence-corrected chi connectivity index (χ2v) is 30.8. The van der Waals surface area contributed by atoms with E-state index in [2.05, 4.69) is 55.4 Å². The van der Waals surface area contributed by atoms with Crippen LogP contribution in [0.25, 0.3) is 0 Å². The number of rotatable bonds is 69. The molecule has 540 valence electrons. The second kappa shape index (κ2) is 61.6. The number of phosphoric ester groups is 2. The van der Waals surface area contributed by atoms with Crippen molar-refractivity contribution in [1.82, 2.24) is 0 Å². The van der Waals surface area contributed by atoms with Gasteiger partial charge in [-0.15, -0.1) is 0 Å². The van der Waals surface area contributed by atoms with Crippen LogP contribution in [0.5, 0.6) is 0 Å². The van der Waals surface area contributed by atoms with Crippen molar-refractivity contribution in [2.24, 2.45) is 23.7 Å². The van der Waals surface area contributed by atoms with E-state index in [1.807, 2.05) is 0 Å². The highest BCUT2D eigenvalue weighted by Gasteiger charge is 2.30. The molecule has 0 amide bonds. The summed E-state index contributed by atoms with van der Waals surface area (Å²) in [6.07, 6.45) is 44.5. The summed E-state index contributed by atoms with van der Waals surface area (Å²) < 4.78 is 68.4. The molecule has 17 nitrogen and oxygen atoms in total. The molecule has 3 N–H and O–H groups in total. The topological polar surface area (TPSA) is 237 Å². The van der Waals surface area contributed by atoms with Gasteiger partial charge in [-0.25, -0.2) is 9.13 Å². The maximum Gasteiger partial charge on any atom is 0.472 e. The zero-order chi connectivity index (χ0) is 67.5. The molecule has 3 unspecified atom stereocenters. The van der Waals surface area contributed by atoms with Crippen molar-refractivity contribution in [2.75, 3.05) is 39.6 Å². The summed E-state index contributed by atoms with van der Waals surface area (Å²) in [5, 5.41) is 10.6. The molecule has 0 bridgehead atoms. The first-order valence-corrected chi connectivity index (χ1v) is 40.2. The van der Waals surface area contributed by atoms with Crippen LogP contribution in [0, 0.1) is 23.7 Å². The van der Waals surface area contributed by atoms with E-state index in [1.54, 1.807) is 0 Å². The van der Waals surface area contributed by atoms with Gasteiger partial charge in [-0.3, -0.25) is 37.3 Å². The zero-order valence-electron chi connectivity index (χ0n) is 59.5. The van der Waals surface area contributed by atoms with Gasteiger partial charge >= 0.3 is 39.5 Å². The van der Waals surface area contributed by atoms with E-state index < -0.39 is 97.5 Å². The van der Waals surface area contributed by atoms with Crippen molar-refractivity contribution in [3.8, 4) is 0 Å². The summed E-state index contributed by atoms with van der Waals surface area (Å²) >= 11 is 0. The lowest BCUT2D eigenvalue weighted by atomic mass is 10.0. The molecule has 0 aromatic heterocycles. The summed E-state index contributed by atoms with van der Waals surface area (Å²) in [6.45, 7) is 14.1. The van der Waals surface area contributed by atoms with Crippen LogP contribution in [-0.2, 0) is 65.4 Å². The maximum atomic E-state index is 13.0. The Labute approximate surface area is 556 Å². The number of hydrogen-bond donors (Lipinski definition) is 3. The number of esters is 4. The van der Waals surface area contributed by atoms with Crippen LogP contribution >= 0.6 is 15.6 Å². The SMILES string of the molecule is CC(C)CCCCCCCCCCCCCCCCC(=O)O[C@H](COC(=O)CCCCCCCCCCC(C)C)COP(=O)(O)OCC(O)COP(=O)(O)OC[C@@H](COC(=O)CCCCCCCCCCC(C)C)OC(=O)CCCCCCCCCCCC(C)C. The van der Waals surface area contributed by atoms with Crippen LogP contribution in [0.3, 0.4) is 0 Å². The first kappa shape index (κ1) is 89.1. The molecule has 19 heteroatoms. The maximum absolute atomic E-state index is 13.0. The molecule has 0 rings (SSSR count). The Balaban J connectivity index is 5.25. The number of aliphatic hydroxyl groups is 1. The van der Waals surface area contributed by atoms with Gasteiger partial charge in [0.2, 0.25) is 0 Å². The van der Waals surface area contributed by atoms with E-state index in [0.717, 1.165) is 114 Å². The van der Waals surface area contributed by atoms with Gasteiger partial charge in [0.1, 0.15) is 19.3 Å². The van der Waals surface area contributed by atoms with Gasteiger partial charge in [0, 0.05) is 25.7 Å². The highest BCUT2D eigenvalue weighted by molar-refractivity contribution is 7.47. The molecule has 0 aliphatic rings. The zero-order valence-corrected chi connectivity index (χ0v) is 61.3. The van der Waals surface area contributed by atoms with Crippen LogP contribution in [0.15, 0.2) is 0 Å². The van der Waals surface area contributed by atoms with Crippen molar-refractivity contribution in [2.45, 2.75) is 375 Å². The van der Waals surface area contributed by atoms with Gasteiger partial charge in [0.25, 0.3) is 0 Å². The average molecular weight is 1340 g/mol. The molecule has 0 aromatic rings. The number of unbranched alkanes of at least 4 members (excludes halogenated alkanes) is 35. The Morgan fingerprint density at radius 2 is 0.462 bits per heavy atom. The van der Waals surface area contributed by atoms with Crippen molar-refractivity contribution in [1.29, 1.82) is 0 Å². The van der Waals surface area contributed by atoms with Crippen LogP contribution in [-0.4, -0.2) is 96.7 Å². The first-order valence-electron chi connectivity index (χ1n) is 37.2. The summed E-state index contributed by atoms with van der Waals surface area (Å²) in [5.74, 6) is 0.857. The predicted octanol–water partition coefficient (Wildman–Crippen LogP) is 20.5. The van der Waals surface area contributed by atoms with Gasteiger partial charge in [0.15, 0.2) is 12.2 Å². The molecular weight excluding hydrogens is 1200 g/mol. The van der Waals surface area contributed by atoms with E-state index in [1.165, 1.54) is 161 Å². The monoisotopic (exact) mass is 1340 g/mol. The largest absolute Gasteiger partial charge is 0.472 e. The number of carbonyl (C=O) groups excluding carboxylic acids is 4. The minimum absolute atomic E-state index is 0.104. The molecule has 5 atom stereocenters. The molecular formula is C72H140O17P2. The molecule has 91 heavy (non-hydrogen) atoms. The molecule has 0 heterocycles. The second-order valence-electron chi connectivity index (χ2n) is 27.9. The molecule has 0 aromatic carbocycles. The number of hydrogen-bond acceptors (Lipinski definition) is 15. The van der Waals surface area contributed by atoms with Crippen LogP contribution in [0.4, 0.5) is 0 Å². The van der Waals surface area contributed by atoms with Gasteiger partial charge < -0.3 is 33.8 Å². The summed E-state index contributed by atoms with van der Waals surface area (Å²) in [4.78, 5) is 72.6. The fourth-order valence-corrected chi connectivity index (χ4v) is 12.4. The van der Waals surface area contributed by atoms with Crippen LogP contribution in [0.2, 0.25) is 0 Å². The Morgan fingerprint density at radius 3 is 0.681 bits per heavy atom. The lowest BCUT2D eigenvalue weighted by molar-refractivity contribution is -0.161. The van der Waals surface area contributed by atoms with Crippen LogP contribution < -0.4 is 0 Å². The number of ether oxygens (including phenoxy) is 4. The highest BCUT2D eigenvalue weighted by atomic mass is 31.2. The van der Waals surface area contributed by atoms with Crippen LogP contribution in [0.1, 0.15) is 357 Å². The fraction of sp³-hybridized carbons (Fsp3) is 0.944. The minimum Gasteiger partial charge on any atom is -0.462 e. The van der Waals surface area contributed by atoms with E-state index in [4.69, 9.17) is 37.0 Å². The third kappa shape index (κ3) is 66.5. The standard InChI is InChI=1S/C72H140O17P2/c1-62(2)48-40-32-24-16-13-11-9-10-12-14-18-30-38-46-54-71(76)88-67(58-82-69(74)52-44-36-28-22-20-26-34-42-50-64(5)6)60-86-90(78,79)84-56-66(73)57-85-91(80,81)87-61-68(59-83-70(75)53-45-37-29-23-21-27-35-43-51-65(7)8)89-72(77)55-47-39-31-19-15-17-25-33-41-49-63(3)4/h62-68,73H,9-61H2,1-8H3,(H,78,79)(H,80,81)/t66?,67-,68-/m1/s1. The molecule has 0 aliphatic heterocycles. The molecule has 0 aliphatic carbocycles. The molecule has 0 fully saturated rings. The molecule has 0 saturated heterocycles. The molecule has 0 saturated carbocycles.